The van der Waals surface area contributed by atoms with Gasteiger partial charge in [-0.25, -0.2) is 0 Å². The van der Waals surface area contributed by atoms with Gasteiger partial charge in [-0.05, 0) is 0 Å². The minimum absolute atomic E-state index is 0.735. The summed E-state index contributed by atoms with van der Waals surface area (Å²) in [6, 6.07) is 0. The third-order valence-electron chi connectivity index (χ3n) is 3.88. The zero-order valence-corrected chi connectivity index (χ0v) is 13.4. The first kappa shape index (κ1) is 22.1. The van der Waals surface area contributed by atoms with Crippen molar-refractivity contribution in [1.82, 2.24) is 5.32 Å². The van der Waals surface area contributed by atoms with Crippen LogP contribution in [0.5, 0.6) is 0 Å². The van der Waals surface area contributed by atoms with Crippen molar-refractivity contribution in [3.8, 4) is 0 Å². The third-order valence-corrected chi connectivity index (χ3v) is 3.88. The van der Waals surface area contributed by atoms with Gasteiger partial charge in [0.1, 0.15) is 42.7 Å². The Bertz CT molecular complexity index is 423. The van der Waals surface area contributed by atoms with Gasteiger partial charge in [0, 0.05) is 7.05 Å². The van der Waals surface area contributed by atoms with E-state index in [2.05, 4.69) is 5.32 Å². The zero-order valence-electron chi connectivity index (χ0n) is 13.4. The minimum Gasteiger partial charge on any atom is -0.394 e. The summed E-state index contributed by atoms with van der Waals surface area (Å²) in [7, 11) is 1.19. The fourth-order valence-electron chi connectivity index (χ4n) is 2.32. The molecule has 0 radical (unpaired) electrons. The Hall–Kier alpha value is -0.930. The Labute approximate surface area is 142 Å². The molecule has 1 aliphatic rings. The summed E-state index contributed by atoms with van der Waals surface area (Å²) in [4.78, 5) is 11.4. The number of carbonyl (C=O) groups is 1. The molecule has 1 fully saturated rings. The Balaban J connectivity index is 2.95. The molecule has 0 aromatic carbocycles. The van der Waals surface area contributed by atoms with Crippen LogP contribution in [-0.4, -0.2) is 122 Å². The van der Waals surface area contributed by atoms with Gasteiger partial charge in [0.2, 0.25) is 0 Å². The Morgan fingerprint density at radius 2 is 1.72 bits per heavy atom. The molecule has 1 saturated heterocycles. The van der Waals surface area contributed by atoms with Gasteiger partial charge in [0.25, 0.3) is 5.91 Å². The van der Waals surface area contributed by atoms with Crippen LogP contribution in [0, 0.1) is 0 Å². The van der Waals surface area contributed by atoms with Gasteiger partial charge in [0.15, 0.2) is 12.4 Å². The molecule has 1 amide bonds. The van der Waals surface area contributed by atoms with Crippen LogP contribution in [0.2, 0.25) is 0 Å². The van der Waals surface area contributed by atoms with Crippen molar-refractivity contribution in [2.75, 3.05) is 20.3 Å². The highest BCUT2D eigenvalue weighted by Gasteiger charge is 2.47. The van der Waals surface area contributed by atoms with Gasteiger partial charge >= 0.3 is 0 Å². The molecule has 0 aromatic heterocycles. The van der Waals surface area contributed by atoms with E-state index in [4.69, 9.17) is 19.7 Å². The smallest absolute Gasteiger partial charge is 0.251 e. The van der Waals surface area contributed by atoms with Crippen LogP contribution < -0.4 is 5.32 Å². The summed E-state index contributed by atoms with van der Waals surface area (Å²) >= 11 is 0. The predicted molar refractivity (Wildman–Crippen MR) is 77.8 cm³/mol. The number of hydrogen-bond acceptors (Lipinski definition) is 11. The van der Waals surface area contributed by atoms with Crippen molar-refractivity contribution in [2.24, 2.45) is 0 Å². The summed E-state index contributed by atoms with van der Waals surface area (Å²) in [5.74, 6) is -1.000. The SMILES string of the molecule is CNC(=O)C(O)[C@H](O)[C@H](O[C@@H]1OC(CO)[C@H](O)[C@H](O)C1O)C(O)CO. The van der Waals surface area contributed by atoms with Gasteiger partial charge in [-0.15, -0.1) is 0 Å². The molecule has 1 rings (SSSR count). The van der Waals surface area contributed by atoms with Crippen molar-refractivity contribution in [3.05, 3.63) is 0 Å². The van der Waals surface area contributed by atoms with Crippen molar-refractivity contribution in [1.29, 1.82) is 0 Å². The number of hydrogen-bond donors (Lipinski definition) is 9. The van der Waals surface area contributed by atoms with E-state index in [1.54, 1.807) is 0 Å². The van der Waals surface area contributed by atoms with Crippen LogP contribution in [0.15, 0.2) is 0 Å². The van der Waals surface area contributed by atoms with Crippen LogP contribution >= 0.6 is 0 Å². The molecular formula is C13H25NO11. The van der Waals surface area contributed by atoms with Gasteiger partial charge in [-0.2, -0.15) is 0 Å². The minimum atomic E-state index is -2.04. The first-order valence-corrected chi connectivity index (χ1v) is 7.52. The molecule has 4 unspecified atom stereocenters. The number of carbonyl (C=O) groups excluding carboxylic acids is 1. The number of aliphatic hydroxyl groups excluding tert-OH is 8. The van der Waals surface area contributed by atoms with E-state index >= 15 is 0 Å². The van der Waals surface area contributed by atoms with Crippen LogP contribution in [-0.2, 0) is 14.3 Å². The van der Waals surface area contributed by atoms with E-state index in [-0.39, 0.29) is 0 Å². The standard InChI is InChI=1S/C13H25NO11/c1-14-12(23)9(21)8(20)11(4(17)2-15)25-13-10(22)7(19)6(18)5(3-16)24-13/h4-11,13,15-22H,2-3H2,1H3,(H,14,23)/t4?,5?,6-,7-,8-,9?,10?,11+,13-/m0/s1. The molecule has 1 heterocycles. The molecule has 9 atom stereocenters. The van der Waals surface area contributed by atoms with E-state index in [1.807, 2.05) is 0 Å². The monoisotopic (exact) mass is 371 g/mol. The van der Waals surface area contributed by atoms with Crippen LogP contribution in [0.25, 0.3) is 0 Å². The number of rotatable bonds is 8. The second-order valence-corrected chi connectivity index (χ2v) is 5.60. The lowest BCUT2D eigenvalue weighted by molar-refractivity contribution is -0.326. The van der Waals surface area contributed by atoms with Gasteiger partial charge in [-0.3, -0.25) is 4.79 Å². The number of nitrogens with one attached hydrogen (secondary N) is 1. The molecular weight excluding hydrogens is 346 g/mol. The van der Waals surface area contributed by atoms with Gasteiger partial charge in [0.05, 0.1) is 13.2 Å². The number of likely N-dealkylation sites (N-methyl/N-ethyl adjacent to an activating group) is 1. The lowest BCUT2D eigenvalue weighted by atomic mass is 9.98. The van der Waals surface area contributed by atoms with E-state index in [1.165, 1.54) is 7.05 Å². The first-order chi connectivity index (χ1) is 11.7. The fraction of sp³-hybridized carbons (Fsp3) is 0.923. The fourth-order valence-corrected chi connectivity index (χ4v) is 2.32. The third kappa shape index (κ3) is 5.04. The molecule has 0 aliphatic carbocycles. The molecule has 0 spiro atoms. The van der Waals surface area contributed by atoms with Crippen molar-refractivity contribution >= 4 is 5.91 Å². The molecule has 25 heavy (non-hydrogen) atoms. The average Bonchev–Trinajstić information content (AvgIpc) is 2.63. The molecule has 1 aliphatic heterocycles. The molecule has 12 nitrogen and oxygen atoms in total. The molecule has 0 saturated carbocycles. The van der Waals surface area contributed by atoms with E-state index < -0.39 is 74.2 Å². The van der Waals surface area contributed by atoms with Crippen molar-refractivity contribution in [3.63, 3.8) is 0 Å². The van der Waals surface area contributed by atoms with Crippen molar-refractivity contribution < 1.29 is 55.1 Å². The van der Waals surface area contributed by atoms with Crippen LogP contribution in [0.3, 0.4) is 0 Å². The highest BCUT2D eigenvalue weighted by molar-refractivity contribution is 5.80. The first-order valence-electron chi connectivity index (χ1n) is 7.52. The van der Waals surface area contributed by atoms with E-state index in [9.17, 15) is 35.4 Å². The van der Waals surface area contributed by atoms with E-state index in [0.29, 0.717) is 0 Å². The van der Waals surface area contributed by atoms with Crippen LogP contribution in [0.4, 0.5) is 0 Å². The Morgan fingerprint density at radius 3 is 2.20 bits per heavy atom. The molecule has 9 N–H and O–H groups in total. The largest absolute Gasteiger partial charge is 0.394 e. The maximum Gasteiger partial charge on any atom is 0.251 e. The van der Waals surface area contributed by atoms with Gasteiger partial charge < -0.3 is 55.6 Å². The number of amides is 1. The maximum atomic E-state index is 11.4. The highest BCUT2D eigenvalue weighted by atomic mass is 16.7. The molecule has 0 aromatic rings. The van der Waals surface area contributed by atoms with E-state index in [0.717, 1.165) is 0 Å². The molecule has 148 valence electrons. The van der Waals surface area contributed by atoms with Gasteiger partial charge in [-0.1, -0.05) is 0 Å². The average molecular weight is 371 g/mol. The quantitative estimate of drug-likeness (QED) is 0.196. The predicted octanol–water partition coefficient (Wildman–Crippen LogP) is -6.01. The second kappa shape index (κ2) is 9.68. The zero-order chi connectivity index (χ0) is 19.3. The summed E-state index contributed by atoms with van der Waals surface area (Å²) in [5, 5.41) is 79.0. The normalized spacial score (nSPS) is 34.8. The lowest BCUT2D eigenvalue weighted by Crippen LogP contribution is -2.62. The Kier molecular flexibility index (Phi) is 8.56. The lowest BCUT2D eigenvalue weighted by Gasteiger charge is -2.42. The topological polar surface area (TPSA) is 209 Å². The summed E-state index contributed by atoms with van der Waals surface area (Å²) in [6.07, 6.45) is -16.0. The number of ether oxygens (including phenoxy) is 2. The summed E-state index contributed by atoms with van der Waals surface area (Å²) in [6.45, 7) is -1.67. The highest BCUT2D eigenvalue weighted by Crippen LogP contribution is 2.24. The van der Waals surface area contributed by atoms with Crippen LogP contribution in [0.1, 0.15) is 0 Å². The van der Waals surface area contributed by atoms with Crippen molar-refractivity contribution in [2.45, 2.75) is 55.1 Å². The molecule has 0 bridgehead atoms. The number of aliphatic hydroxyl groups is 8. The summed E-state index contributed by atoms with van der Waals surface area (Å²) < 4.78 is 10.2. The Morgan fingerprint density at radius 1 is 1.12 bits per heavy atom. The second-order valence-electron chi connectivity index (χ2n) is 5.60. The molecule has 12 heteroatoms. The summed E-state index contributed by atoms with van der Waals surface area (Å²) in [5.41, 5.74) is 0. The maximum absolute atomic E-state index is 11.4.